The van der Waals surface area contributed by atoms with Crippen LogP contribution < -0.4 is 10.2 Å². The minimum atomic E-state index is -0.201. The molecule has 1 saturated heterocycles. The molecule has 2 atom stereocenters. The van der Waals surface area contributed by atoms with Gasteiger partial charge in [-0.15, -0.1) is 0 Å². The maximum atomic E-state index is 12.7. The van der Waals surface area contributed by atoms with Crippen molar-refractivity contribution < 1.29 is 9.53 Å². The molecule has 2 rings (SSSR count). The lowest BCUT2D eigenvalue weighted by Gasteiger charge is -2.25. The van der Waals surface area contributed by atoms with Gasteiger partial charge in [-0.2, -0.15) is 5.26 Å². The van der Waals surface area contributed by atoms with Crippen LogP contribution in [0.25, 0.3) is 0 Å². The van der Waals surface area contributed by atoms with Gasteiger partial charge < -0.3 is 15.0 Å². The molecular weight excluding hydrogens is 266 g/mol. The van der Waals surface area contributed by atoms with Gasteiger partial charge in [0.05, 0.1) is 30.4 Å². The average molecular weight is 287 g/mol. The fourth-order valence-corrected chi connectivity index (χ4v) is 2.56. The van der Waals surface area contributed by atoms with Gasteiger partial charge in [-0.3, -0.25) is 4.79 Å². The summed E-state index contributed by atoms with van der Waals surface area (Å²) >= 11 is 0. The van der Waals surface area contributed by atoms with Crippen LogP contribution in [-0.4, -0.2) is 38.8 Å². The first-order valence-electron chi connectivity index (χ1n) is 7.26. The third-order valence-electron chi connectivity index (χ3n) is 3.77. The summed E-state index contributed by atoms with van der Waals surface area (Å²) in [6, 6.07) is 9.32. The van der Waals surface area contributed by atoms with Crippen molar-refractivity contribution in [2.45, 2.75) is 19.4 Å². The summed E-state index contributed by atoms with van der Waals surface area (Å²) in [5.74, 6) is -0.211. The minimum Gasteiger partial charge on any atom is -0.379 e. The molecule has 1 fully saturated rings. The Kier molecular flexibility index (Phi) is 5.32. The molecule has 0 saturated carbocycles. The van der Waals surface area contributed by atoms with Gasteiger partial charge in [0.25, 0.3) is 0 Å². The van der Waals surface area contributed by atoms with E-state index in [4.69, 9.17) is 10.00 Å². The number of nitrogens with zero attached hydrogens (tertiary/aromatic N) is 2. The summed E-state index contributed by atoms with van der Waals surface area (Å²) in [5.41, 5.74) is 1.15. The number of ether oxygens (including phenoxy) is 1. The maximum Gasteiger partial charge on any atom is 0.233 e. The largest absolute Gasteiger partial charge is 0.379 e. The maximum absolute atomic E-state index is 12.7. The number of para-hydroxylation sites is 1. The van der Waals surface area contributed by atoms with E-state index in [2.05, 4.69) is 18.3 Å². The Balaban J connectivity index is 2.13. The van der Waals surface area contributed by atoms with E-state index >= 15 is 0 Å². The van der Waals surface area contributed by atoms with Crippen LogP contribution in [0.15, 0.2) is 24.3 Å². The molecule has 0 aromatic heterocycles. The predicted molar refractivity (Wildman–Crippen MR) is 81.0 cm³/mol. The fraction of sp³-hybridized carbons (Fsp3) is 0.500. The molecule has 1 aliphatic heterocycles. The van der Waals surface area contributed by atoms with Crippen LogP contribution in [0.5, 0.6) is 0 Å². The molecular formula is C16H21N3O2. The monoisotopic (exact) mass is 287 g/mol. The second-order valence-corrected chi connectivity index (χ2v) is 5.23. The molecule has 0 spiro atoms. The molecule has 1 heterocycles. The second kappa shape index (κ2) is 7.21. The summed E-state index contributed by atoms with van der Waals surface area (Å²) < 4.78 is 5.46. The third-order valence-corrected chi connectivity index (χ3v) is 3.77. The number of carbonyl (C=O) groups is 1. The molecule has 2 unspecified atom stereocenters. The van der Waals surface area contributed by atoms with E-state index in [9.17, 15) is 4.79 Å². The Morgan fingerprint density at radius 2 is 2.24 bits per heavy atom. The van der Waals surface area contributed by atoms with Crippen molar-refractivity contribution >= 4 is 11.6 Å². The highest BCUT2D eigenvalue weighted by molar-refractivity contribution is 5.96. The van der Waals surface area contributed by atoms with E-state index in [0.29, 0.717) is 24.5 Å². The topological polar surface area (TPSA) is 65.4 Å². The molecule has 5 nitrogen and oxygen atoms in total. The van der Waals surface area contributed by atoms with Crippen molar-refractivity contribution in [1.82, 2.24) is 5.32 Å². The number of nitrogens with one attached hydrogen (secondary N) is 1. The van der Waals surface area contributed by atoms with E-state index < -0.39 is 0 Å². The Morgan fingerprint density at radius 1 is 1.48 bits per heavy atom. The van der Waals surface area contributed by atoms with Crippen molar-refractivity contribution in [2.24, 2.45) is 5.92 Å². The first-order valence-corrected chi connectivity index (χ1v) is 7.26. The summed E-state index contributed by atoms with van der Waals surface area (Å²) in [6.45, 7) is 3.95. The van der Waals surface area contributed by atoms with Gasteiger partial charge >= 0.3 is 0 Å². The van der Waals surface area contributed by atoms with Crippen LogP contribution in [0.2, 0.25) is 0 Å². The Hall–Kier alpha value is -1.90. The van der Waals surface area contributed by atoms with Gasteiger partial charge in [-0.25, -0.2) is 0 Å². The van der Waals surface area contributed by atoms with Gasteiger partial charge in [0, 0.05) is 13.1 Å². The van der Waals surface area contributed by atoms with E-state index in [1.165, 1.54) is 0 Å². The molecule has 1 aromatic carbocycles. The van der Waals surface area contributed by atoms with Gasteiger partial charge in [0.15, 0.2) is 0 Å². The number of carbonyl (C=O) groups excluding carboxylic acids is 1. The van der Waals surface area contributed by atoms with Crippen molar-refractivity contribution in [2.75, 3.05) is 31.7 Å². The van der Waals surface area contributed by atoms with Gasteiger partial charge in [-0.05, 0) is 25.1 Å². The van der Waals surface area contributed by atoms with Crippen molar-refractivity contribution in [3.05, 3.63) is 29.8 Å². The lowest BCUT2D eigenvalue weighted by Crippen LogP contribution is -2.45. The standard InChI is InChI=1S/C16H21N3O2/c1-3-8-18-14-11-21-10-13(14)16(20)19(2)15-7-5-4-6-12(15)9-17/h4-7,13-14,18H,3,8,10-11H2,1-2H3. The van der Waals surface area contributed by atoms with Crippen LogP contribution in [0.3, 0.4) is 0 Å². The zero-order valence-electron chi connectivity index (χ0n) is 12.5. The SMILES string of the molecule is CCCNC1COCC1C(=O)N(C)c1ccccc1C#N. The van der Waals surface area contributed by atoms with Crippen LogP contribution in [0.4, 0.5) is 5.69 Å². The average Bonchev–Trinajstić information content (AvgIpc) is 2.99. The van der Waals surface area contributed by atoms with E-state index in [0.717, 1.165) is 13.0 Å². The Labute approximate surface area is 125 Å². The van der Waals surface area contributed by atoms with Crippen LogP contribution in [0, 0.1) is 17.2 Å². The summed E-state index contributed by atoms with van der Waals surface area (Å²) in [7, 11) is 1.72. The second-order valence-electron chi connectivity index (χ2n) is 5.23. The zero-order chi connectivity index (χ0) is 15.2. The summed E-state index contributed by atoms with van der Waals surface area (Å²) in [6.07, 6.45) is 1.02. The quantitative estimate of drug-likeness (QED) is 0.892. The number of amides is 1. The zero-order valence-corrected chi connectivity index (χ0v) is 12.5. The lowest BCUT2D eigenvalue weighted by atomic mass is 10.0. The minimum absolute atomic E-state index is 0.0104. The third kappa shape index (κ3) is 3.41. The van der Waals surface area contributed by atoms with Crippen LogP contribution in [-0.2, 0) is 9.53 Å². The first-order chi connectivity index (χ1) is 10.2. The van der Waals surface area contributed by atoms with Crippen LogP contribution in [0.1, 0.15) is 18.9 Å². The first kappa shape index (κ1) is 15.5. The number of hydrogen-bond donors (Lipinski definition) is 1. The molecule has 1 aliphatic rings. The predicted octanol–water partition coefficient (Wildman–Crippen LogP) is 1.54. The normalized spacial score (nSPS) is 21.0. The molecule has 0 aliphatic carbocycles. The number of benzene rings is 1. The summed E-state index contributed by atoms with van der Waals surface area (Å²) in [5, 5.41) is 12.5. The molecule has 1 amide bonds. The molecule has 1 aromatic rings. The lowest BCUT2D eigenvalue weighted by molar-refractivity contribution is -0.122. The molecule has 0 radical (unpaired) electrons. The Morgan fingerprint density at radius 3 is 2.95 bits per heavy atom. The van der Waals surface area contributed by atoms with E-state index in [1.54, 1.807) is 30.1 Å². The molecule has 21 heavy (non-hydrogen) atoms. The number of hydrogen-bond acceptors (Lipinski definition) is 4. The fourth-order valence-electron chi connectivity index (χ4n) is 2.56. The van der Waals surface area contributed by atoms with Crippen molar-refractivity contribution in [3.63, 3.8) is 0 Å². The molecule has 112 valence electrons. The van der Waals surface area contributed by atoms with Crippen molar-refractivity contribution in [1.29, 1.82) is 5.26 Å². The van der Waals surface area contributed by atoms with E-state index in [1.807, 2.05) is 6.07 Å². The van der Waals surface area contributed by atoms with E-state index in [-0.39, 0.29) is 17.9 Å². The van der Waals surface area contributed by atoms with Crippen LogP contribution >= 0.6 is 0 Å². The molecule has 1 N–H and O–H groups in total. The highest BCUT2D eigenvalue weighted by Gasteiger charge is 2.36. The van der Waals surface area contributed by atoms with Gasteiger partial charge in [0.1, 0.15) is 6.07 Å². The molecule has 0 bridgehead atoms. The highest BCUT2D eigenvalue weighted by Crippen LogP contribution is 2.23. The highest BCUT2D eigenvalue weighted by atomic mass is 16.5. The molecule has 5 heteroatoms. The number of rotatable bonds is 5. The van der Waals surface area contributed by atoms with Gasteiger partial charge in [-0.1, -0.05) is 19.1 Å². The number of nitriles is 1. The Bertz CT molecular complexity index is 539. The number of anilines is 1. The van der Waals surface area contributed by atoms with Crippen molar-refractivity contribution in [3.8, 4) is 6.07 Å². The smallest absolute Gasteiger partial charge is 0.233 e. The van der Waals surface area contributed by atoms with Gasteiger partial charge in [0.2, 0.25) is 5.91 Å². The summed E-state index contributed by atoms with van der Waals surface area (Å²) in [4.78, 5) is 14.3.